The number of fused-ring (bicyclic) bond motifs is 3. The second kappa shape index (κ2) is 7.16. The maximum absolute atomic E-state index is 12.3. The number of H-pyrrole nitrogens is 1. The summed E-state index contributed by atoms with van der Waals surface area (Å²) in [7, 11) is 0. The van der Waals surface area contributed by atoms with Crippen molar-refractivity contribution in [3.05, 3.63) is 46.4 Å². The number of nitrogens with one attached hydrogen (secondary N) is 2. The van der Waals surface area contributed by atoms with E-state index in [1.807, 2.05) is 0 Å². The van der Waals surface area contributed by atoms with Gasteiger partial charge in [-0.25, -0.2) is 4.52 Å². The summed E-state index contributed by atoms with van der Waals surface area (Å²) in [6.45, 7) is 0.438. The quantitative estimate of drug-likeness (QED) is 0.563. The molecule has 2 heterocycles. The Morgan fingerprint density at radius 3 is 2.80 bits per heavy atom. The van der Waals surface area contributed by atoms with Gasteiger partial charge >= 0.3 is 5.97 Å². The van der Waals surface area contributed by atoms with Crippen LogP contribution in [0.3, 0.4) is 0 Å². The molecule has 3 N–H and O–H groups in total. The number of aromatic nitrogens is 3. The molecule has 0 atom stereocenters. The number of aliphatic carboxylic acids is 1. The maximum Gasteiger partial charge on any atom is 0.303 e. The summed E-state index contributed by atoms with van der Waals surface area (Å²) in [5.41, 5.74) is 1.01. The number of unbranched alkanes of at least 4 members (excludes halogenated alkanes) is 2. The third kappa shape index (κ3) is 3.52. The monoisotopic (exact) mass is 342 g/mol. The molecule has 0 unspecified atom stereocenters. The molecule has 2 aromatic heterocycles. The summed E-state index contributed by atoms with van der Waals surface area (Å²) < 4.78 is 1.54. The van der Waals surface area contributed by atoms with E-state index >= 15 is 0 Å². The lowest BCUT2D eigenvalue weighted by molar-refractivity contribution is -0.137. The number of rotatable bonds is 7. The van der Waals surface area contributed by atoms with Gasteiger partial charge in [0.05, 0.1) is 17.1 Å². The minimum Gasteiger partial charge on any atom is -0.481 e. The van der Waals surface area contributed by atoms with Crippen LogP contribution in [0.1, 0.15) is 36.0 Å². The van der Waals surface area contributed by atoms with Gasteiger partial charge in [0, 0.05) is 13.0 Å². The van der Waals surface area contributed by atoms with Crippen molar-refractivity contribution >= 4 is 28.4 Å². The topological polar surface area (TPSA) is 117 Å². The SMILES string of the molecule is O=C(O)CCCCCNC(=O)c1cnn2c1[nH]c(=O)c1ccccc12. The molecule has 0 bridgehead atoms. The number of carboxylic acid groups (broad SMARTS) is 1. The molecule has 0 aliphatic heterocycles. The van der Waals surface area contributed by atoms with Crippen LogP contribution in [0.2, 0.25) is 0 Å². The Hall–Kier alpha value is -3.16. The molecule has 8 nitrogen and oxygen atoms in total. The summed E-state index contributed by atoms with van der Waals surface area (Å²) in [5, 5.41) is 16.1. The fourth-order valence-electron chi connectivity index (χ4n) is 2.72. The molecule has 3 rings (SSSR count). The molecular weight excluding hydrogens is 324 g/mol. The summed E-state index contributed by atoms with van der Waals surface area (Å²) >= 11 is 0. The van der Waals surface area contributed by atoms with Gasteiger partial charge in [0.25, 0.3) is 11.5 Å². The second-order valence-electron chi connectivity index (χ2n) is 5.75. The van der Waals surface area contributed by atoms with Crippen LogP contribution in [0.15, 0.2) is 35.3 Å². The van der Waals surface area contributed by atoms with Gasteiger partial charge in [0.2, 0.25) is 0 Å². The predicted octanol–water partition coefficient (Wildman–Crippen LogP) is 1.55. The molecule has 0 fully saturated rings. The van der Waals surface area contributed by atoms with E-state index in [0.29, 0.717) is 41.5 Å². The molecule has 0 saturated carbocycles. The number of carboxylic acids is 1. The zero-order valence-corrected chi connectivity index (χ0v) is 13.5. The van der Waals surface area contributed by atoms with Gasteiger partial charge in [-0.2, -0.15) is 5.10 Å². The standard InChI is InChI=1S/C17H18N4O4/c22-14(23)8-2-1-5-9-18-16(24)12-10-19-21-13-7-4-3-6-11(13)17(25)20-15(12)21/h3-4,6-7,10H,1-2,5,8-9H2,(H,18,24)(H,20,25)(H,22,23). The van der Waals surface area contributed by atoms with Crippen LogP contribution >= 0.6 is 0 Å². The molecule has 130 valence electrons. The zero-order valence-electron chi connectivity index (χ0n) is 13.5. The Balaban J connectivity index is 1.72. The van der Waals surface area contributed by atoms with E-state index in [0.717, 1.165) is 6.42 Å². The van der Waals surface area contributed by atoms with Crippen molar-refractivity contribution in [3.8, 4) is 0 Å². The number of para-hydroxylation sites is 1. The first-order valence-corrected chi connectivity index (χ1v) is 8.06. The minimum absolute atomic E-state index is 0.135. The van der Waals surface area contributed by atoms with Crippen molar-refractivity contribution in [3.63, 3.8) is 0 Å². The number of hydrogen-bond acceptors (Lipinski definition) is 4. The van der Waals surface area contributed by atoms with Gasteiger partial charge < -0.3 is 15.4 Å². The highest BCUT2D eigenvalue weighted by Crippen LogP contribution is 2.14. The van der Waals surface area contributed by atoms with Gasteiger partial charge in [-0.3, -0.25) is 14.4 Å². The fraction of sp³-hybridized carbons (Fsp3) is 0.294. The van der Waals surface area contributed by atoms with Crippen molar-refractivity contribution in [2.24, 2.45) is 0 Å². The number of benzene rings is 1. The smallest absolute Gasteiger partial charge is 0.303 e. The molecule has 0 aliphatic carbocycles. The van der Waals surface area contributed by atoms with E-state index in [2.05, 4.69) is 15.4 Å². The van der Waals surface area contributed by atoms with Crippen molar-refractivity contribution in [2.75, 3.05) is 6.54 Å². The molecule has 0 radical (unpaired) electrons. The highest BCUT2D eigenvalue weighted by atomic mass is 16.4. The molecule has 0 saturated heterocycles. The third-order valence-electron chi connectivity index (χ3n) is 3.98. The Kier molecular flexibility index (Phi) is 4.78. The van der Waals surface area contributed by atoms with Crippen molar-refractivity contribution in [2.45, 2.75) is 25.7 Å². The Labute approximate surface area is 142 Å². The van der Waals surface area contributed by atoms with E-state index in [9.17, 15) is 14.4 Å². The van der Waals surface area contributed by atoms with Crippen LogP contribution in [0, 0.1) is 0 Å². The lowest BCUT2D eigenvalue weighted by atomic mass is 10.2. The maximum atomic E-state index is 12.3. The number of hydrogen-bond donors (Lipinski definition) is 3. The van der Waals surface area contributed by atoms with Crippen LogP contribution in [0.5, 0.6) is 0 Å². The zero-order chi connectivity index (χ0) is 17.8. The Bertz CT molecular complexity index is 989. The number of amides is 1. The van der Waals surface area contributed by atoms with Crippen LogP contribution < -0.4 is 10.9 Å². The van der Waals surface area contributed by atoms with Crippen molar-refractivity contribution in [1.29, 1.82) is 0 Å². The van der Waals surface area contributed by atoms with Crippen LogP contribution in [-0.4, -0.2) is 38.1 Å². The van der Waals surface area contributed by atoms with Crippen LogP contribution in [0.25, 0.3) is 16.6 Å². The molecule has 3 aromatic rings. The van der Waals surface area contributed by atoms with Crippen molar-refractivity contribution < 1.29 is 14.7 Å². The van der Waals surface area contributed by atoms with Crippen LogP contribution in [-0.2, 0) is 4.79 Å². The number of carbonyl (C=O) groups is 2. The van der Waals surface area contributed by atoms with Gasteiger partial charge in [0.15, 0.2) is 0 Å². The van der Waals surface area contributed by atoms with E-state index in [4.69, 9.17) is 5.11 Å². The average Bonchev–Trinajstić information content (AvgIpc) is 3.02. The predicted molar refractivity (Wildman–Crippen MR) is 91.8 cm³/mol. The summed E-state index contributed by atoms with van der Waals surface area (Å²) in [6.07, 6.45) is 3.56. The van der Waals surface area contributed by atoms with E-state index in [1.165, 1.54) is 6.20 Å². The summed E-state index contributed by atoms with van der Waals surface area (Å²) in [4.78, 5) is 37.6. The highest BCUT2D eigenvalue weighted by molar-refractivity contribution is 6.00. The first-order chi connectivity index (χ1) is 12.1. The summed E-state index contributed by atoms with van der Waals surface area (Å²) in [5.74, 6) is -1.13. The second-order valence-corrected chi connectivity index (χ2v) is 5.75. The van der Waals surface area contributed by atoms with Gasteiger partial charge in [-0.1, -0.05) is 18.6 Å². The van der Waals surface area contributed by atoms with Gasteiger partial charge in [-0.05, 0) is 25.0 Å². The molecule has 1 amide bonds. The number of carbonyl (C=O) groups excluding carboxylic acids is 1. The molecular formula is C17H18N4O4. The largest absolute Gasteiger partial charge is 0.481 e. The van der Waals surface area contributed by atoms with E-state index in [-0.39, 0.29) is 17.9 Å². The summed E-state index contributed by atoms with van der Waals surface area (Å²) in [6, 6.07) is 7.05. The van der Waals surface area contributed by atoms with Crippen molar-refractivity contribution in [1.82, 2.24) is 19.9 Å². The molecule has 25 heavy (non-hydrogen) atoms. The number of aromatic amines is 1. The molecule has 0 aliphatic rings. The first kappa shape index (κ1) is 16.7. The Morgan fingerprint density at radius 2 is 2.00 bits per heavy atom. The normalized spacial score (nSPS) is 11.0. The first-order valence-electron chi connectivity index (χ1n) is 8.06. The lowest BCUT2D eigenvalue weighted by Crippen LogP contribution is -2.25. The molecule has 1 aromatic carbocycles. The fourth-order valence-corrected chi connectivity index (χ4v) is 2.72. The van der Waals surface area contributed by atoms with Gasteiger partial charge in [-0.15, -0.1) is 0 Å². The number of nitrogens with zero attached hydrogens (tertiary/aromatic N) is 2. The molecule has 0 spiro atoms. The van der Waals surface area contributed by atoms with E-state index in [1.54, 1.807) is 28.8 Å². The van der Waals surface area contributed by atoms with E-state index < -0.39 is 5.97 Å². The Morgan fingerprint density at radius 1 is 1.20 bits per heavy atom. The highest BCUT2D eigenvalue weighted by Gasteiger charge is 2.15. The molecule has 8 heteroatoms. The average molecular weight is 342 g/mol. The minimum atomic E-state index is -0.813. The van der Waals surface area contributed by atoms with Crippen LogP contribution in [0.4, 0.5) is 0 Å². The lowest BCUT2D eigenvalue weighted by Gasteiger charge is -2.05. The third-order valence-corrected chi connectivity index (χ3v) is 3.98. The van der Waals surface area contributed by atoms with Gasteiger partial charge in [0.1, 0.15) is 11.2 Å².